The Labute approximate surface area is 162 Å². The van der Waals surface area contributed by atoms with Gasteiger partial charge < -0.3 is 13.8 Å². The summed E-state index contributed by atoms with van der Waals surface area (Å²) in [7, 11) is 3.60. The maximum atomic E-state index is 13.6. The van der Waals surface area contributed by atoms with E-state index in [-0.39, 0.29) is 24.9 Å². The second-order valence-electron chi connectivity index (χ2n) is 7.84. The van der Waals surface area contributed by atoms with Crippen LogP contribution in [0.25, 0.3) is 22.2 Å². The molecule has 5 nitrogen and oxygen atoms in total. The zero-order valence-electron chi connectivity index (χ0n) is 16.6. The van der Waals surface area contributed by atoms with Crippen molar-refractivity contribution in [2.75, 3.05) is 7.11 Å². The molecular formula is C21H25F2N3O2. The van der Waals surface area contributed by atoms with E-state index in [0.29, 0.717) is 12.8 Å². The first-order chi connectivity index (χ1) is 13.3. The molecule has 1 atom stereocenters. The number of fused-ring (bicyclic) bond motifs is 1. The van der Waals surface area contributed by atoms with Gasteiger partial charge in [-0.1, -0.05) is 5.16 Å². The lowest BCUT2D eigenvalue weighted by Crippen LogP contribution is -2.28. The summed E-state index contributed by atoms with van der Waals surface area (Å²) in [4.78, 5) is 4.64. The van der Waals surface area contributed by atoms with Crippen molar-refractivity contribution < 1.29 is 18.0 Å². The van der Waals surface area contributed by atoms with E-state index in [4.69, 9.17) is 9.26 Å². The Morgan fingerprint density at radius 2 is 2.00 bits per heavy atom. The fraction of sp³-hybridized carbons (Fsp3) is 0.524. The molecule has 1 unspecified atom stereocenters. The molecule has 7 heteroatoms. The second-order valence-corrected chi connectivity index (χ2v) is 7.84. The predicted octanol–water partition coefficient (Wildman–Crippen LogP) is 5.36. The molecule has 4 rings (SSSR count). The van der Waals surface area contributed by atoms with Gasteiger partial charge in [0.15, 0.2) is 0 Å². The third-order valence-electron chi connectivity index (χ3n) is 5.92. The molecule has 28 heavy (non-hydrogen) atoms. The summed E-state index contributed by atoms with van der Waals surface area (Å²) in [5.74, 6) is -1.74. The number of rotatable bonds is 4. The summed E-state index contributed by atoms with van der Waals surface area (Å²) in [6, 6.07) is 2.08. The number of aromatic nitrogens is 3. The van der Waals surface area contributed by atoms with E-state index in [9.17, 15) is 8.78 Å². The Balaban J connectivity index is 1.77. The minimum absolute atomic E-state index is 0.0675. The number of methoxy groups -OCH3 is 1. The van der Waals surface area contributed by atoms with E-state index in [0.717, 1.165) is 39.2 Å². The molecule has 0 spiro atoms. The zero-order chi connectivity index (χ0) is 20.1. The molecule has 0 aliphatic heterocycles. The molecule has 0 amide bonds. The highest BCUT2D eigenvalue weighted by Crippen LogP contribution is 2.44. The van der Waals surface area contributed by atoms with Crippen LogP contribution >= 0.6 is 0 Å². The highest BCUT2D eigenvalue weighted by atomic mass is 19.3. The van der Waals surface area contributed by atoms with E-state index < -0.39 is 5.92 Å². The van der Waals surface area contributed by atoms with Gasteiger partial charge in [0, 0.05) is 61.5 Å². The molecule has 1 saturated carbocycles. The van der Waals surface area contributed by atoms with E-state index >= 15 is 0 Å². The van der Waals surface area contributed by atoms with Crippen LogP contribution < -0.4 is 0 Å². The molecular weight excluding hydrogens is 364 g/mol. The van der Waals surface area contributed by atoms with E-state index in [1.165, 1.54) is 0 Å². The van der Waals surface area contributed by atoms with Gasteiger partial charge in [0.05, 0.1) is 11.8 Å². The average Bonchev–Trinajstić information content (AvgIpc) is 3.16. The highest BCUT2D eigenvalue weighted by Gasteiger charge is 2.39. The van der Waals surface area contributed by atoms with Gasteiger partial charge in [-0.05, 0) is 38.7 Å². The van der Waals surface area contributed by atoms with Crippen LogP contribution in [0.5, 0.6) is 0 Å². The maximum Gasteiger partial charge on any atom is 0.248 e. The molecule has 1 aliphatic rings. The van der Waals surface area contributed by atoms with Gasteiger partial charge in [-0.15, -0.1) is 0 Å². The second kappa shape index (κ2) is 6.95. The lowest BCUT2D eigenvalue weighted by atomic mass is 9.81. The minimum Gasteiger partial charge on any atom is -0.376 e. The summed E-state index contributed by atoms with van der Waals surface area (Å²) >= 11 is 0. The molecule has 0 N–H and O–H groups in total. The minimum atomic E-state index is -2.55. The maximum absolute atomic E-state index is 13.6. The number of hydrogen-bond donors (Lipinski definition) is 0. The zero-order valence-corrected chi connectivity index (χ0v) is 16.6. The molecule has 1 fully saturated rings. The summed E-state index contributed by atoms with van der Waals surface area (Å²) in [5, 5.41) is 5.01. The monoisotopic (exact) mass is 389 g/mol. The van der Waals surface area contributed by atoms with Crippen molar-refractivity contribution in [3.8, 4) is 11.1 Å². The van der Waals surface area contributed by atoms with Crippen LogP contribution in [0.3, 0.4) is 0 Å². The van der Waals surface area contributed by atoms with Crippen LogP contribution in [-0.4, -0.2) is 27.7 Å². The Kier molecular flexibility index (Phi) is 4.73. The number of hydrogen-bond acceptors (Lipinski definition) is 4. The third-order valence-corrected chi connectivity index (χ3v) is 5.92. The van der Waals surface area contributed by atoms with Crippen LogP contribution in [-0.2, 0) is 11.8 Å². The van der Waals surface area contributed by atoms with Crippen molar-refractivity contribution in [1.29, 1.82) is 0 Å². The smallest absolute Gasteiger partial charge is 0.248 e. The topological polar surface area (TPSA) is 53.1 Å². The highest BCUT2D eigenvalue weighted by molar-refractivity contribution is 5.86. The van der Waals surface area contributed by atoms with Crippen molar-refractivity contribution in [1.82, 2.24) is 14.7 Å². The number of aryl methyl sites for hydroxylation is 3. The quantitative estimate of drug-likeness (QED) is 0.603. The molecule has 1 aliphatic carbocycles. The van der Waals surface area contributed by atoms with E-state index in [1.54, 1.807) is 7.11 Å². The van der Waals surface area contributed by atoms with Crippen LogP contribution in [0.4, 0.5) is 8.78 Å². The SMILES string of the molecule is COC(c1cn(C)c2ncc(-c3c(C)noc3C)cc12)C1CCC(F)(F)CC1. The Morgan fingerprint density at radius 1 is 1.29 bits per heavy atom. The number of nitrogens with zero attached hydrogens (tertiary/aromatic N) is 3. The Hall–Kier alpha value is -2.28. The number of pyridine rings is 1. The first-order valence-electron chi connectivity index (χ1n) is 9.59. The molecule has 0 bridgehead atoms. The van der Waals surface area contributed by atoms with Crippen LogP contribution in [0.1, 0.15) is 48.8 Å². The van der Waals surface area contributed by atoms with Gasteiger partial charge in [-0.25, -0.2) is 13.8 Å². The van der Waals surface area contributed by atoms with Gasteiger partial charge in [0.2, 0.25) is 5.92 Å². The fourth-order valence-corrected chi connectivity index (χ4v) is 4.49. The van der Waals surface area contributed by atoms with Gasteiger partial charge in [0.1, 0.15) is 11.4 Å². The summed E-state index contributed by atoms with van der Waals surface area (Å²) in [6.07, 6.45) is 4.35. The van der Waals surface area contributed by atoms with Crippen molar-refractivity contribution in [2.24, 2.45) is 13.0 Å². The molecule has 0 radical (unpaired) electrons. The fourth-order valence-electron chi connectivity index (χ4n) is 4.49. The molecule has 150 valence electrons. The average molecular weight is 389 g/mol. The van der Waals surface area contributed by atoms with Crippen LogP contribution in [0, 0.1) is 19.8 Å². The van der Waals surface area contributed by atoms with Gasteiger partial charge in [-0.2, -0.15) is 0 Å². The third kappa shape index (κ3) is 3.21. The summed E-state index contributed by atoms with van der Waals surface area (Å²) < 4.78 is 40.3. The van der Waals surface area contributed by atoms with Gasteiger partial charge in [0.25, 0.3) is 0 Å². The molecule has 3 aromatic heterocycles. The summed E-state index contributed by atoms with van der Waals surface area (Å²) in [6.45, 7) is 3.79. The van der Waals surface area contributed by atoms with Gasteiger partial charge >= 0.3 is 0 Å². The molecule has 0 aromatic carbocycles. The number of ether oxygens (including phenoxy) is 1. The number of halogens is 2. The predicted molar refractivity (Wildman–Crippen MR) is 102 cm³/mol. The van der Waals surface area contributed by atoms with E-state index in [1.807, 2.05) is 37.9 Å². The molecule has 0 saturated heterocycles. The normalized spacial score (nSPS) is 18.6. The van der Waals surface area contributed by atoms with Gasteiger partial charge in [-0.3, -0.25) is 0 Å². The Morgan fingerprint density at radius 3 is 2.61 bits per heavy atom. The van der Waals surface area contributed by atoms with Crippen molar-refractivity contribution >= 4 is 11.0 Å². The lowest BCUT2D eigenvalue weighted by Gasteiger charge is -2.33. The first-order valence-corrected chi connectivity index (χ1v) is 9.59. The standard InChI is InChI=1S/C21H25F2N3O2/c1-12-18(13(2)28-25-12)15-9-16-17(11-26(3)20(16)24-10-15)19(27-4)14-5-7-21(22,23)8-6-14/h9-11,14,19H,5-8H2,1-4H3. The number of alkyl halides is 2. The van der Waals surface area contributed by atoms with Crippen molar-refractivity contribution in [3.05, 3.63) is 35.5 Å². The van der Waals surface area contributed by atoms with Crippen LogP contribution in [0.2, 0.25) is 0 Å². The van der Waals surface area contributed by atoms with Crippen LogP contribution in [0.15, 0.2) is 23.0 Å². The molecule has 3 aromatic rings. The summed E-state index contributed by atoms with van der Waals surface area (Å²) in [5.41, 5.74) is 4.52. The largest absolute Gasteiger partial charge is 0.376 e. The Bertz CT molecular complexity index is 979. The van der Waals surface area contributed by atoms with Crippen molar-refractivity contribution in [3.63, 3.8) is 0 Å². The van der Waals surface area contributed by atoms with Crippen molar-refractivity contribution in [2.45, 2.75) is 51.6 Å². The lowest BCUT2D eigenvalue weighted by molar-refractivity contribution is -0.0687. The molecule has 3 heterocycles. The van der Waals surface area contributed by atoms with E-state index in [2.05, 4.69) is 16.2 Å². The first kappa shape index (κ1) is 19.1.